The van der Waals surface area contributed by atoms with Gasteiger partial charge < -0.3 is 14.5 Å². The van der Waals surface area contributed by atoms with Crippen LogP contribution in [0.2, 0.25) is 0 Å². The van der Waals surface area contributed by atoms with E-state index >= 15 is 0 Å². The molecular weight excluding hydrogens is 351 g/mol. The number of ether oxygens (including phenoxy) is 1. The highest BCUT2D eigenvalue weighted by atomic mass is 19.1. The maximum Gasteiger partial charge on any atom is 0.359 e. The highest BCUT2D eigenvalue weighted by Gasteiger charge is 2.18. The molecule has 0 atom stereocenters. The molecule has 3 rings (SSSR count). The number of esters is 1. The normalized spacial score (nSPS) is 13.5. The molecule has 0 saturated carbocycles. The quantitative estimate of drug-likeness (QED) is 0.723. The van der Waals surface area contributed by atoms with Gasteiger partial charge in [0.1, 0.15) is 5.82 Å². The fourth-order valence-corrected chi connectivity index (χ4v) is 2.83. The molecule has 1 aliphatic rings. The summed E-state index contributed by atoms with van der Waals surface area (Å²) in [7, 11) is 1.52. The molecule has 0 bridgehead atoms. The Bertz CT molecular complexity index is 807. The summed E-state index contributed by atoms with van der Waals surface area (Å²) in [5.74, 6) is -0.816. The van der Waals surface area contributed by atoms with Gasteiger partial charge in [-0.05, 0) is 31.0 Å². The van der Waals surface area contributed by atoms with Crippen molar-refractivity contribution < 1.29 is 18.7 Å². The van der Waals surface area contributed by atoms with Crippen LogP contribution < -0.4 is 4.90 Å². The van der Waals surface area contributed by atoms with Crippen molar-refractivity contribution in [3.05, 3.63) is 53.5 Å². The van der Waals surface area contributed by atoms with E-state index in [0.29, 0.717) is 5.56 Å². The molecule has 2 aromatic rings. The second-order valence-electron chi connectivity index (χ2n) is 6.39. The van der Waals surface area contributed by atoms with Crippen molar-refractivity contribution in [2.24, 2.45) is 0 Å². The van der Waals surface area contributed by atoms with E-state index in [4.69, 9.17) is 4.74 Å². The summed E-state index contributed by atoms with van der Waals surface area (Å²) in [6.45, 7) is 1.51. The highest BCUT2D eigenvalue weighted by molar-refractivity contribution is 5.89. The number of anilines is 1. The molecule has 0 aliphatic carbocycles. The number of benzene rings is 1. The van der Waals surface area contributed by atoms with Gasteiger partial charge in [0.15, 0.2) is 18.1 Å². The molecule has 27 heavy (non-hydrogen) atoms. The van der Waals surface area contributed by atoms with Crippen LogP contribution in [0.5, 0.6) is 0 Å². The third kappa shape index (κ3) is 4.78. The Morgan fingerprint density at radius 1 is 1.15 bits per heavy atom. The van der Waals surface area contributed by atoms with Gasteiger partial charge in [-0.15, -0.1) is 10.2 Å². The van der Waals surface area contributed by atoms with Crippen LogP contribution in [0.4, 0.5) is 10.2 Å². The third-order valence-corrected chi connectivity index (χ3v) is 4.41. The molecule has 142 valence electrons. The molecule has 0 spiro atoms. The number of amides is 1. The minimum atomic E-state index is -0.719. The summed E-state index contributed by atoms with van der Waals surface area (Å²) in [5.41, 5.74) is 0.436. The van der Waals surface area contributed by atoms with E-state index in [-0.39, 0.29) is 18.1 Å². The fourth-order valence-electron chi connectivity index (χ4n) is 2.83. The molecule has 0 N–H and O–H groups in total. The summed E-state index contributed by atoms with van der Waals surface area (Å²) in [4.78, 5) is 27.6. The van der Waals surface area contributed by atoms with Crippen molar-refractivity contribution in [3.8, 4) is 0 Å². The average Bonchev–Trinajstić information content (AvgIpc) is 3.22. The maximum absolute atomic E-state index is 13.7. The van der Waals surface area contributed by atoms with Crippen LogP contribution in [0, 0.1) is 5.82 Å². The number of likely N-dealkylation sites (N-methyl/N-ethyl adjacent to an activating group) is 1. The molecule has 1 aliphatic heterocycles. The van der Waals surface area contributed by atoms with Crippen molar-refractivity contribution in [1.29, 1.82) is 0 Å². The van der Waals surface area contributed by atoms with Crippen molar-refractivity contribution in [3.63, 3.8) is 0 Å². The van der Waals surface area contributed by atoms with Gasteiger partial charge >= 0.3 is 5.97 Å². The summed E-state index contributed by atoms with van der Waals surface area (Å²) in [6, 6.07) is 9.47. The Morgan fingerprint density at radius 3 is 2.56 bits per heavy atom. The van der Waals surface area contributed by atoms with E-state index in [1.165, 1.54) is 24.1 Å². The summed E-state index contributed by atoms with van der Waals surface area (Å²) < 4.78 is 18.7. The molecule has 0 radical (unpaired) electrons. The smallest absolute Gasteiger partial charge is 0.359 e. The van der Waals surface area contributed by atoms with Crippen LogP contribution in [0.3, 0.4) is 0 Å². The Balaban J connectivity index is 1.50. The third-order valence-electron chi connectivity index (χ3n) is 4.41. The minimum Gasteiger partial charge on any atom is -0.451 e. The van der Waals surface area contributed by atoms with E-state index < -0.39 is 18.5 Å². The van der Waals surface area contributed by atoms with Crippen molar-refractivity contribution in [2.45, 2.75) is 19.4 Å². The first kappa shape index (κ1) is 18.8. The topological polar surface area (TPSA) is 75.6 Å². The second-order valence-corrected chi connectivity index (χ2v) is 6.39. The maximum atomic E-state index is 13.7. The predicted molar refractivity (Wildman–Crippen MR) is 96.6 cm³/mol. The molecule has 8 heteroatoms. The predicted octanol–water partition coefficient (Wildman–Crippen LogP) is 2.03. The number of halogens is 1. The number of rotatable bonds is 6. The van der Waals surface area contributed by atoms with Gasteiger partial charge in [-0.2, -0.15) is 0 Å². The molecule has 1 aromatic carbocycles. The molecule has 1 aromatic heterocycles. The van der Waals surface area contributed by atoms with Gasteiger partial charge in [-0.25, -0.2) is 9.18 Å². The van der Waals surface area contributed by atoms with Gasteiger partial charge in [0, 0.05) is 32.2 Å². The summed E-state index contributed by atoms with van der Waals surface area (Å²) in [5, 5.41) is 7.93. The second kappa shape index (κ2) is 8.57. The molecule has 0 unspecified atom stereocenters. The van der Waals surface area contributed by atoms with Crippen molar-refractivity contribution in [1.82, 2.24) is 15.1 Å². The van der Waals surface area contributed by atoms with Gasteiger partial charge in [0.05, 0.1) is 0 Å². The van der Waals surface area contributed by atoms with Crippen LogP contribution in [0.25, 0.3) is 0 Å². The summed E-state index contributed by atoms with van der Waals surface area (Å²) >= 11 is 0. The number of aromatic nitrogens is 2. The molecule has 1 saturated heterocycles. The van der Waals surface area contributed by atoms with Crippen LogP contribution in [0.15, 0.2) is 36.4 Å². The highest BCUT2D eigenvalue weighted by Crippen LogP contribution is 2.16. The number of hydrogen-bond donors (Lipinski definition) is 0. The van der Waals surface area contributed by atoms with E-state index in [1.54, 1.807) is 24.3 Å². The lowest BCUT2D eigenvalue weighted by molar-refractivity contribution is -0.133. The van der Waals surface area contributed by atoms with Crippen LogP contribution in [-0.2, 0) is 16.1 Å². The van der Waals surface area contributed by atoms with Crippen LogP contribution in [0.1, 0.15) is 28.9 Å². The van der Waals surface area contributed by atoms with E-state index in [1.807, 2.05) is 0 Å². The first-order valence-electron chi connectivity index (χ1n) is 8.78. The van der Waals surface area contributed by atoms with E-state index in [9.17, 15) is 14.0 Å². The Labute approximate surface area is 156 Å². The number of nitrogens with zero attached hydrogens (tertiary/aromatic N) is 4. The van der Waals surface area contributed by atoms with Gasteiger partial charge in [0.2, 0.25) is 0 Å². The van der Waals surface area contributed by atoms with Crippen molar-refractivity contribution >= 4 is 17.7 Å². The van der Waals surface area contributed by atoms with Gasteiger partial charge in [0.25, 0.3) is 5.91 Å². The lowest BCUT2D eigenvalue weighted by Crippen LogP contribution is -2.31. The fraction of sp³-hybridized carbons (Fsp3) is 0.368. The van der Waals surface area contributed by atoms with Crippen LogP contribution in [-0.4, -0.2) is 53.7 Å². The van der Waals surface area contributed by atoms with Crippen LogP contribution >= 0.6 is 0 Å². The lowest BCUT2D eigenvalue weighted by atomic mass is 10.2. The lowest BCUT2D eigenvalue weighted by Gasteiger charge is -2.17. The summed E-state index contributed by atoms with van der Waals surface area (Å²) in [6.07, 6.45) is 2.24. The monoisotopic (exact) mass is 372 g/mol. The molecule has 1 amide bonds. The zero-order chi connectivity index (χ0) is 19.2. The Morgan fingerprint density at radius 2 is 1.89 bits per heavy atom. The van der Waals surface area contributed by atoms with Crippen molar-refractivity contribution in [2.75, 3.05) is 31.6 Å². The molecule has 2 heterocycles. The zero-order valence-corrected chi connectivity index (χ0v) is 15.1. The number of carbonyl (C=O) groups excluding carboxylic acids is 2. The standard InChI is InChI=1S/C19H21FN4O3/c1-23(12-14-6-2-3-7-15(14)20)18(25)13-27-19(26)16-8-9-17(22-21-16)24-10-4-5-11-24/h2-3,6-9H,4-5,10-13H2,1H3. The average molecular weight is 372 g/mol. The first-order valence-corrected chi connectivity index (χ1v) is 8.78. The first-order chi connectivity index (χ1) is 13.0. The molecule has 7 nitrogen and oxygen atoms in total. The Kier molecular flexibility index (Phi) is 5.95. The Hall–Kier alpha value is -3.03. The van der Waals surface area contributed by atoms with E-state index in [0.717, 1.165) is 31.7 Å². The number of hydrogen-bond acceptors (Lipinski definition) is 6. The minimum absolute atomic E-state index is 0.0440. The molecular formula is C19H21FN4O3. The zero-order valence-electron chi connectivity index (χ0n) is 15.1. The SMILES string of the molecule is CN(Cc1ccccc1F)C(=O)COC(=O)c1ccc(N2CCCC2)nn1. The molecule has 1 fully saturated rings. The number of carbonyl (C=O) groups is 2. The van der Waals surface area contributed by atoms with Gasteiger partial charge in [-0.3, -0.25) is 4.79 Å². The van der Waals surface area contributed by atoms with Gasteiger partial charge in [-0.1, -0.05) is 18.2 Å². The largest absolute Gasteiger partial charge is 0.451 e. The van der Waals surface area contributed by atoms with E-state index in [2.05, 4.69) is 15.1 Å².